The topological polar surface area (TPSA) is 80.2 Å². The number of methoxy groups -OCH3 is 1. The summed E-state index contributed by atoms with van der Waals surface area (Å²) in [5.74, 6) is -3.38. The lowest BCUT2D eigenvalue weighted by atomic mass is 10.1. The Balaban J connectivity index is 1.68. The normalized spacial score (nSPS) is 14.5. The van der Waals surface area contributed by atoms with Crippen molar-refractivity contribution in [2.24, 2.45) is 5.10 Å². The number of amidine groups is 1. The first-order valence-corrected chi connectivity index (χ1v) is 11.7. The molecule has 0 aromatic heterocycles. The van der Waals surface area contributed by atoms with Crippen molar-refractivity contribution in [2.45, 2.75) is 12.8 Å². The van der Waals surface area contributed by atoms with Crippen molar-refractivity contribution in [3.63, 3.8) is 0 Å². The van der Waals surface area contributed by atoms with Gasteiger partial charge in [-0.3, -0.25) is 9.59 Å². The maximum absolute atomic E-state index is 13.2. The van der Waals surface area contributed by atoms with Crippen molar-refractivity contribution in [3.05, 3.63) is 93.7 Å². The van der Waals surface area contributed by atoms with E-state index in [0.717, 1.165) is 5.01 Å². The maximum atomic E-state index is 13.2. The van der Waals surface area contributed by atoms with Crippen LogP contribution in [-0.4, -0.2) is 30.9 Å². The molecule has 2 amide bonds. The summed E-state index contributed by atoms with van der Waals surface area (Å²) in [5.41, 5.74) is 1.02. The third kappa shape index (κ3) is 6.20. The molecule has 0 spiro atoms. The van der Waals surface area contributed by atoms with Gasteiger partial charge in [-0.15, -0.1) is 5.10 Å². The van der Waals surface area contributed by atoms with Gasteiger partial charge >= 0.3 is 12.1 Å². The summed E-state index contributed by atoms with van der Waals surface area (Å²) in [7, 11) is 1.42. The molecule has 0 unspecified atom stereocenters. The number of nitrogens with one attached hydrogen (secondary N) is 1. The molecule has 0 bridgehead atoms. The monoisotopic (exact) mass is 591 g/mol. The number of nitrogens with zero attached hydrogens (tertiary/aromatic N) is 2. The number of anilines is 1. The van der Waals surface area contributed by atoms with Crippen molar-refractivity contribution < 1.29 is 36.6 Å². The van der Waals surface area contributed by atoms with E-state index in [1.807, 2.05) is 0 Å². The number of hydrazone groups is 1. The highest BCUT2D eigenvalue weighted by atomic mass is 79.9. The van der Waals surface area contributed by atoms with Crippen LogP contribution in [0.3, 0.4) is 0 Å². The first-order chi connectivity index (χ1) is 18.0. The zero-order valence-electron chi connectivity index (χ0n) is 19.6. The van der Waals surface area contributed by atoms with Gasteiger partial charge in [0.05, 0.1) is 18.4 Å². The molecule has 38 heavy (non-hydrogen) atoms. The fraction of sp³-hybridized carbons (Fsp3) is 0.115. The molecule has 196 valence electrons. The van der Waals surface area contributed by atoms with Crippen LogP contribution in [0.4, 0.5) is 23.2 Å². The van der Waals surface area contributed by atoms with Crippen LogP contribution in [0.15, 0.2) is 81.9 Å². The molecule has 1 N–H and O–H groups in total. The van der Waals surface area contributed by atoms with Gasteiger partial charge in [-0.2, -0.15) is 18.2 Å². The van der Waals surface area contributed by atoms with E-state index in [2.05, 4.69) is 21.0 Å². The summed E-state index contributed by atoms with van der Waals surface area (Å²) in [6.45, 7) is 0.0700. The van der Waals surface area contributed by atoms with Crippen LogP contribution in [0.2, 0.25) is 0 Å². The Labute approximate surface area is 222 Å². The predicted octanol–water partition coefficient (Wildman–Crippen LogP) is 5.60. The number of halogens is 5. The molecule has 3 aromatic carbocycles. The van der Waals surface area contributed by atoms with Crippen LogP contribution in [0, 0.1) is 5.82 Å². The van der Waals surface area contributed by atoms with Gasteiger partial charge in [-0.25, -0.2) is 4.39 Å². The van der Waals surface area contributed by atoms with Crippen LogP contribution in [0.25, 0.3) is 6.08 Å². The Kier molecular flexibility index (Phi) is 7.81. The van der Waals surface area contributed by atoms with Gasteiger partial charge in [0.25, 0.3) is 5.91 Å². The largest absolute Gasteiger partial charge is 0.493 e. The molecule has 1 aliphatic rings. The number of carbonyl (C=O) groups excluding carboxylic acids is 2. The second-order valence-electron chi connectivity index (χ2n) is 7.88. The SMILES string of the molecule is COc1ccc(/C=C2\C(=O)N(c3cccc(Br)c3)N=C2NC(=O)C(F)(F)F)cc1OCc1ccc(F)cc1. The molecular formula is C26H18BrF4N3O4. The van der Waals surface area contributed by atoms with Gasteiger partial charge in [-0.1, -0.05) is 40.2 Å². The Hall–Kier alpha value is -4.19. The lowest BCUT2D eigenvalue weighted by Crippen LogP contribution is -2.41. The molecule has 1 heterocycles. The van der Waals surface area contributed by atoms with Crippen LogP contribution in [0.1, 0.15) is 11.1 Å². The quantitative estimate of drug-likeness (QED) is 0.299. The molecule has 0 atom stereocenters. The van der Waals surface area contributed by atoms with Gasteiger partial charge in [0, 0.05) is 4.47 Å². The number of alkyl halides is 3. The highest BCUT2D eigenvalue weighted by Gasteiger charge is 2.42. The number of ether oxygens (including phenoxy) is 2. The van der Waals surface area contributed by atoms with Gasteiger partial charge in [0.1, 0.15) is 12.4 Å². The number of rotatable bonds is 6. The fourth-order valence-corrected chi connectivity index (χ4v) is 3.79. The lowest BCUT2D eigenvalue weighted by Gasteiger charge is -2.13. The van der Waals surface area contributed by atoms with Gasteiger partial charge in [-0.05, 0) is 59.7 Å². The highest BCUT2D eigenvalue weighted by molar-refractivity contribution is 9.10. The van der Waals surface area contributed by atoms with Crippen LogP contribution in [-0.2, 0) is 16.2 Å². The van der Waals surface area contributed by atoms with E-state index in [1.54, 1.807) is 47.8 Å². The van der Waals surface area contributed by atoms with Crippen LogP contribution >= 0.6 is 15.9 Å². The van der Waals surface area contributed by atoms with E-state index >= 15 is 0 Å². The van der Waals surface area contributed by atoms with Gasteiger partial charge in [0.2, 0.25) is 0 Å². The van der Waals surface area contributed by atoms with E-state index in [9.17, 15) is 27.2 Å². The van der Waals surface area contributed by atoms with E-state index in [1.165, 1.54) is 37.5 Å². The minimum atomic E-state index is -5.19. The van der Waals surface area contributed by atoms with Gasteiger partial charge in [0.15, 0.2) is 17.3 Å². The molecule has 0 radical (unpaired) electrons. The molecule has 3 aromatic rings. The first-order valence-electron chi connectivity index (χ1n) is 10.9. The van der Waals surface area contributed by atoms with Crippen molar-refractivity contribution in [1.82, 2.24) is 5.32 Å². The average Bonchev–Trinajstić information content (AvgIpc) is 3.18. The number of carbonyl (C=O) groups is 2. The van der Waals surface area contributed by atoms with Crippen molar-refractivity contribution in [2.75, 3.05) is 12.1 Å². The standard InChI is InChI=1S/C26H18BrF4N3O4/c1-37-21-10-7-16(12-22(21)38-14-15-5-8-18(28)9-6-15)11-20-23(32-25(36)26(29,30)31)33-34(24(20)35)19-4-2-3-17(27)13-19/h2-13H,14H2,1H3,(H,32,33,36)/b20-11-. The summed E-state index contributed by atoms with van der Waals surface area (Å²) in [5, 5.41) is 6.51. The number of amides is 2. The van der Waals surface area contributed by atoms with E-state index in [4.69, 9.17) is 9.47 Å². The fourth-order valence-electron chi connectivity index (χ4n) is 3.40. The summed E-state index contributed by atoms with van der Waals surface area (Å²) in [6.07, 6.45) is -3.92. The number of benzene rings is 3. The Bertz CT molecular complexity index is 1440. The minimum absolute atomic E-state index is 0.0700. The van der Waals surface area contributed by atoms with Crippen molar-refractivity contribution >= 4 is 45.3 Å². The van der Waals surface area contributed by atoms with Crippen molar-refractivity contribution in [1.29, 1.82) is 0 Å². The third-order valence-corrected chi connectivity index (χ3v) is 5.72. The van der Waals surface area contributed by atoms with Crippen LogP contribution in [0.5, 0.6) is 11.5 Å². The molecule has 0 fully saturated rings. The lowest BCUT2D eigenvalue weighted by molar-refractivity contribution is -0.171. The maximum Gasteiger partial charge on any atom is 0.471 e. The second kappa shape index (κ2) is 11.1. The zero-order valence-corrected chi connectivity index (χ0v) is 21.1. The first kappa shape index (κ1) is 26.9. The summed E-state index contributed by atoms with van der Waals surface area (Å²) in [6, 6.07) is 16.7. The zero-order chi connectivity index (χ0) is 27.4. The smallest absolute Gasteiger partial charge is 0.471 e. The highest BCUT2D eigenvalue weighted by Crippen LogP contribution is 2.32. The second-order valence-corrected chi connectivity index (χ2v) is 8.80. The van der Waals surface area contributed by atoms with Gasteiger partial charge < -0.3 is 14.8 Å². The summed E-state index contributed by atoms with van der Waals surface area (Å²) in [4.78, 5) is 24.9. The molecular weight excluding hydrogens is 574 g/mol. The van der Waals surface area contributed by atoms with Crippen molar-refractivity contribution in [3.8, 4) is 11.5 Å². The third-order valence-electron chi connectivity index (χ3n) is 5.23. The Morgan fingerprint density at radius 2 is 1.82 bits per heavy atom. The van der Waals surface area contributed by atoms with Crippen LogP contribution < -0.4 is 19.8 Å². The molecule has 12 heteroatoms. The molecule has 7 nitrogen and oxygen atoms in total. The predicted molar refractivity (Wildman–Crippen MR) is 135 cm³/mol. The average molecular weight is 592 g/mol. The van der Waals surface area contributed by atoms with E-state index in [-0.39, 0.29) is 23.6 Å². The number of hydrogen-bond acceptors (Lipinski definition) is 5. The Morgan fingerprint density at radius 3 is 2.47 bits per heavy atom. The van der Waals surface area contributed by atoms with E-state index < -0.39 is 29.6 Å². The minimum Gasteiger partial charge on any atom is -0.493 e. The molecule has 1 aliphatic heterocycles. The van der Waals surface area contributed by atoms with E-state index in [0.29, 0.717) is 21.3 Å². The Morgan fingerprint density at radius 1 is 1.08 bits per heavy atom. The molecule has 4 rings (SSSR count). The summed E-state index contributed by atoms with van der Waals surface area (Å²) < 4.78 is 63.8. The molecule has 0 aliphatic carbocycles. The number of hydrogen-bond donors (Lipinski definition) is 1. The molecule has 0 saturated heterocycles. The molecule has 0 saturated carbocycles. The summed E-state index contributed by atoms with van der Waals surface area (Å²) >= 11 is 3.27.